The van der Waals surface area contributed by atoms with Crippen molar-refractivity contribution in [3.8, 4) is 0 Å². The van der Waals surface area contributed by atoms with Crippen LogP contribution in [0.25, 0.3) is 0 Å². The van der Waals surface area contributed by atoms with Gasteiger partial charge in [0.1, 0.15) is 5.21 Å². The highest BCUT2D eigenvalue weighted by atomic mass is 35.5. The Morgan fingerprint density at radius 2 is 2.30 bits per heavy atom. The van der Waals surface area contributed by atoms with Crippen LogP contribution in [-0.4, -0.2) is 31.2 Å². The van der Waals surface area contributed by atoms with E-state index < -0.39 is 15.2 Å². The first-order valence-corrected chi connectivity index (χ1v) is 5.00. The van der Waals surface area contributed by atoms with Gasteiger partial charge in [-0.05, 0) is 6.42 Å². The predicted octanol–water partition coefficient (Wildman–Crippen LogP) is 0.150. The first kappa shape index (κ1) is 8.26. The van der Waals surface area contributed by atoms with Gasteiger partial charge >= 0.3 is 0 Å². The highest BCUT2D eigenvalue weighted by molar-refractivity contribution is 7.90. The molecule has 1 aliphatic rings. The van der Waals surface area contributed by atoms with E-state index in [-0.39, 0.29) is 0 Å². The zero-order chi connectivity index (χ0) is 7.61. The third kappa shape index (κ3) is 1.60. The van der Waals surface area contributed by atoms with Gasteiger partial charge in [-0.25, -0.2) is 8.42 Å². The van der Waals surface area contributed by atoms with Crippen molar-refractivity contribution < 1.29 is 13.3 Å². The second-order valence-corrected chi connectivity index (χ2v) is 4.38. The Labute approximate surface area is 64.7 Å². The normalized spacial score (nSPS) is 21.7. The molecule has 1 heterocycles. The Bertz CT molecular complexity index is 197. The first-order valence-electron chi connectivity index (χ1n) is 2.86. The molecule has 0 aromatic heterocycles. The van der Waals surface area contributed by atoms with E-state index in [1.54, 1.807) is 0 Å². The summed E-state index contributed by atoms with van der Waals surface area (Å²) in [5, 5.41) is -0.410. The van der Waals surface area contributed by atoms with Crippen LogP contribution in [0.4, 0.5) is 0 Å². The van der Waals surface area contributed by atoms with Crippen molar-refractivity contribution in [3.05, 3.63) is 0 Å². The predicted molar refractivity (Wildman–Crippen MR) is 36.9 cm³/mol. The maximum atomic E-state index is 10.9. The maximum Gasteiger partial charge on any atom is 0.250 e. The molecule has 1 aliphatic heterocycles. The Balaban J connectivity index is 2.63. The minimum absolute atomic E-state index is 0.410. The third-order valence-corrected chi connectivity index (χ3v) is 3.18. The zero-order valence-electron chi connectivity index (χ0n) is 5.29. The van der Waals surface area contributed by atoms with E-state index in [2.05, 4.69) is 0 Å². The van der Waals surface area contributed by atoms with E-state index in [0.717, 1.165) is 10.9 Å². The lowest BCUT2D eigenvalue weighted by Gasteiger charge is -2.10. The first-order chi connectivity index (χ1) is 4.67. The molecular weight excluding hydrogens is 178 g/mol. The summed E-state index contributed by atoms with van der Waals surface area (Å²) in [5.41, 5.74) is 0. The number of hydroxylamine groups is 1. The third-order valence-electron chi connectivity index (χ3n) is 1.17. The lowest BCUT2D eigenvalue weighted by atomic mass is 10.5. The van der Waals surface area contributed by atoms with Gasteiger partial charge in [-0.1, -0.05) is 4.47 Å². The molecule has 6 heteroatoms. The lowest BCUT2D eigenvalue weighted by molar-refractivity contribution is -0.0279. The van der Waals surface area contributed by atoms with Gasteiger partial charge in [0.05, 0.1) is 6.61 Å². The molecule has 1 rings (SSSR count). The summed E-state index contributed by atoms with van der Waals surface area (Å²) >= 11 is 5.16. The van der Waals surface area contributed by atoms with Crippen molar-refractivity contribution >= 4 is 21.6 Å². The highest BCUT2D eigenvalue weighted by Crippen LogP contribution is 2.11. The molecule has 0 aromatic rings. The zero-order valence-corrected chi connectivity index (χ0v) is 6.86. The highest BCUT2D eigenvalue weighted by Gasteiger charge is 2.25. The van der Waals surface area contributed by atoms with Gasteiger partial charge in [0.25, 0.3) is 0 Å². The van der Waals surface area contributed by atoms with Crippen LogP contribution >= 0.6 is 11.6 Å². The quantitative estimate of drug-likeness (QED) is 0.576. The van der Waals surface area contributed by atoms with Gasteiger partial charge < -0.3 is 0 Å². The molecule has 0 amide bonds. The van der Waals surface area contributed by atoms with Gasteiger partial charge in [-0.2, -0.15) is 0 Å². The number of sulfonamides is 1. The summed E-state index contributed by atoms with van der Waals surface area (Å²) in [6.07, 6.45) is 0.746. The van der Waals surface area contributed by atoms with Crippen molar-refractivity contribution in [2.45, 2.75) is 6.42 Å². The fourth-order valence-electron chi connectivity index (χ4n) is 0.698. The molecule has 0 saturated carbocycles. The SMILES string of the molecule is O=S(=O)(CCl)N1CCCO1. The van der Waals surface area contributed by atoms with Crippen molar-refractivity contribution in [1.82, 2.24) is 4.47 Å². The van der Waals surface area contributed by atoms with Gasteiger partial charge in [-0.15, -0.1) is 11.6 Å². The molecule has 0 unspecified atom stereocenters. The van der Waals surface area contributed by atoms with Crippen LogP contribution in [0.15, 0.2) is 0 Å². The monoisotopic (exact) mass is 185 g/mol. The van der Waals surface area contributed by atoms with Crippen LogP contribution in [0.5, 0.6) is 0 Å². The number of hydrogen-bond donors (Lipinski definition) is 0. The Morgan fingerprint density at radius 3 is 2.70 bits per heavy atom. The standard InChI is InChI=1S/C4H8ClNO3S/c5-4-10(7,8)6-2-1-3-9-6/h1-4H2. The maximum absolute atomic E-state index is 10.9. The average Bonchev–Trinajstić information content (AvgIpc) is 2.38. The van der Waals surface area contributed by atoms with E-state index in [0.29, 0.717) is 13.2 Å². The molecule has 1 fully saturated rings. The number of halogens is 1. The van der Waals surface area contributed by atoms with Crippen LogP contribution in [0, 0.1) is 0 Å². The van der Waals surface area contributed by atoms with Gasteiger partial charge in [0.15, 0.2) is 0 Å². The molecular formula is C4H8ClNO3S. The van der Waals surface area contributed by atoms with E-state index in [4.69, 9.17) is 16.4 Å². The minimum Gasteiger partial charge on any atom is -0.284 e. The summed E-state index contributed by atoms with van der Waals surface area (Å²) in [6.45, 7) is 0.894. The van der Waals surface area contributed by atoms with Crippen LogP contribution in [0.2, 0.25) is 0 Å². The largest absolute Gasteiger partial charge is 0.284 e. The van der Waals surface area contributed by atoms with Crippen LogP contribution in [0.3, 0.4) is 0 Å². The molecule has 0 N–H and O–H groups in total. The van der Waals surface area contributed by atoms with E-state index in [9.17, 15) is 8.42 Å². The van der Waals surface area contributed by atoms with Crippen molar-refractivity contribution in [2.24, 2.45) is 0 Å². The number of alkyl halides is 1. The Morgan fingerprint density at radius 1 is 1.60 bits per heavy atom. The van der Waals surface area contributed by atoms with Crippen LogP contribution in [0.1, 0.15) is 6.42 Å². The Hall–Kier alpha value is 0.160. The average molecular weight is 186 g/mol. The molecule has 0 radical (unpaired) electrons. The lowest BCUT2D eigenvalue weighted by Crippen LogP contribution is -2.27. The smallest absolute Gasteiger partial charge is 0.250 e. The molecule has 0 aliphatic carbocycles. The van der Waals surface area contributed by atoms with E-state index >= 15 is 0 Å². The fourth-order valence-corrected chi connectivity index (χ4v) is 1.78. The molecule has 0 atom stereocenters. The summed E-state index contributed by atoms with van der Waals surface area (Å²) in [4.78, 5) is 4.77. The fraction of sp³-hybridized carbons (Fsp3) is 1.00. The molecule has 1 saturated heterocycles. The second kappa shape index (κ2) is 3.04. The van der Waals surface area contributed by atoms with E-state index in [1.165, 1.54) is 0 Å². The minimum atomic E-state index is -3.32. The summed E-state index contributed by atoms with van der Waals surface area (Å²) in [5.74, 6) is 0. The molecule has 0 bridgehead atoms. The topological polar surface area (TPSA) is 46.6 Å². The van der Waals surface area contributed by atoms with Crippen LogP contribution < -0.4 is 0 Å². The number of hydrogen-bond acceptors (Lipinski definition) is 3. The van der Waals surface area contributed by atoms with Gasteiger partial charge in [-0.3, -0.25) is 4.84 Å². The van der Waals surface area contributed by atoms with Crippen molar-refractivity contribution in [1.29, 1.82) is 0 Å². The van der Waals surface area contributed by atoms with Gasteiger partial charge in [0.2, 0.25) is 10.0 Å². The molecule has 60 valence electrons. The van der Waals surface area contributed by atoms with Gasteiger partial charge in [0, 0.05) is 6.54 Å². The van der Waals surface area contributed by atoms with Crippen molar-refractivity contribution in [3.63, 3.8) is 0 Å². The molecule has 0 aromatic carbocycles. The number of rotatable bonds is 2. The molecule has 4 nitrogen and oxygen atoms in total. The van der Waals surface area contributed by atoms with Crippen molar-refractivity contribution in [2.75, 3.05) is 18.4 Å². The molecule has 10 heavy (non-hydrogen) atoms. The Kier molecular flexibility index (Phi) is 2.51. The van der Waals surface area contributed by atoms with E-state index in [1.807, 2.05) is 0 Å². The molecule has 0 spiro atoms. The summed E-state index contributed by atoms with van der Waals surface area (Å²) in [7, 11) is -3.32. The second-order valence-electron chi connectivity index (χ2n) is 1.93. The van der Waals surface area contributed by atoms with Crippen LogP contribution in [-0.2, 0) is 14.9 Å². The summed E-state index contributed by atoms with van der Waals surface area (Å²) < 4.78 is 22.7. The summed E-state index contributed by atoms with van der Waals surface area (Å²) in [6, 6.07) is 0. The number of nitrogens with zero attached hydrogens (tertiary/aromatic N) is 1.